The summed E-state index contributed by atoms with van der Waals surface area (Å²) in [5.41, 5.74) is 0. The Morgan fingerprint density at radius 3 is 2.71 bits per heavy atom. The first-order valence-corrected chi connectivity index (χ1v) is 4.74. The molecule has 14 heavy (non-hydrogen) atoms. The molecule has 4 heteroatoms. The molecule has 0 rings (SSSR count). The third-order valence-electron chi connectivity index (χ3n) is 2.04. The largest absolute Gasteiger partial charge is 0.478 e. The maximum Gasteiger partial charge on any atom is 0.328 e. The van der Waals surface area contributed by atoms with Gasteiger partial charge in [-0.2, -0.15) is 0 Å². The van der Waals surface area contributed by atoms with Crippen molar-refractivity contribution < 1.29 is 14.6 Å². The summed E-state index contributed by atoms with van der Waals surface area (Å²) in [6, 6.07) is 0.309. The number of aliphatic carboxylic acids is 1. The Kier molecular flexibility index (Phi) is 7.06. The molecule has 0 aromatic carbocycles. The van der Waals surface area contributed by atoms with E-state index in [0.29, 0.717) is 19.2 Å². The summed E-state index contributed by atoms with van der Waals surface area (Å²) in [6.45, 7) is 6.29. The molecule has 0 bridgehead atoms. The zero-order valence-electron chi connectivity index (χ0n) is 9.06. The maximum atomic E-state index is 10.2. The topological polar surface area (TPSA) is 49.8 Å². The molecule has 0 saturated carbocycles. The van der Waals surface area contributed by atoms with Crippen LogP contribution in [0.2, 0.25) is 0 Å². The fourth-order valence-electron chi connectivity index (χ4n) is 1.26. The van der Waals surface area contributed by atoms with Crippen molar-refractivity contribution in [2.45, 2.75) is 19.9 Å². The normalized spacial score (nSPS) is 13.7. The molecule has 0 aliphatic carbocycles. The highest BCUT2D eigenvalue weighted by atomic mass is 16.5. The third-order valence-corrected chi connectivity index (χ3v) is 2.04. The molecule has 0 saturated heterocycles. The van der Waals surface area contributed by atoms with Gasteiger partial charge in [0.1, 0.15) is 0 Å². The molecule has 0 spiro atoms. The van der Waals surface area contributed by atoms with Crippen LogP contribution in [0.4, 0.5) is 0 Å². The van der Waals surface area contributed by atoms with Crippen LogP contribution in [-0.4, -0.2) is 48.8 Å². The molecule has 0 heterocycles. The van der Waals surface area contributed by atoms with Crippen LogP contribution in [-0.2, 0) is 9.53 Å². The summed E-state index contributed by atoms with van der Waals surface area (Å²) in [5.74, 6) is -0.902. The van der Waals surface area contributed by atoms with Crippen molar-refractivity contribution in [3.8, 4) is 0 Å². The van der Waals surface area contributed by atoms with Crippen LogP contribution in [0.1, 0.15) is 13.8 Å². The van der Waals surface area contributed by atoms with Crippen molar-refractivity contribution in [3.05, 3.63) is 12.2 Å². The summed E-state index contributed by atoms with van der Waals surface area (Å²) in [4.78, 5) is 12.4. The van der Waals surface area contributed by atoms with Gasteiger partial charge in [0.15, 0.2) is 0 Å². The summed E-state index contributed by atoms with van der Waals surface area (Å²) < 4.78 is 5.03. The van der Waals surface area contributed by atoms with Gasteiger partial charge in [0.2, 0.25) is 0 Å². The zero-order chi connectivity index (χ0) is 11.0. The predicted octanol–water partition coefficient (Wildman–Crippen LogP) is 0.984. The van der Waals surface area contributed by atoms with Crippen molar-refractivity contribution in [2.24, 2.45) is 0 Å². The number of ether oxygens (including phenoxy) is 1. The van der Waals surface area contributed by atoms with Crippen LogP contribution in [0, 0.1) is 0 Å². The Bertz CT molecular complexity index is 192. The molecule has 0 amide bonds. The van der Waals surface area contributed by atoms with Crippen molar-refractivity contribution in [1.29, 1.82) is 0 Å². The fraction of sp³-hybridized carbons (Fsp3) is 0.700. The standard InChI is InChI=1S/C10H19NO3/c1-4-11(9(2)8-14-3)7-5-6-10(12)13/h5-6,9H,4,7-8H2,1-3H3,(H,12,13)/b6-5+. The van der Waals surface area contributed by atoms with Gasteiger partial charge in [-0.3, -0.25) is 4.90 Å². The Hall–Kier alpha value is -0.870. The highest BCUT2D eigenvalue weighted by Crippen LogP contribution is 1.99. The summed E-state index contributed by atoms with van der Waals surface area (Å²) in [7, 11) is 1.66. The summed E-state index contributed by atoms with van der Waals surface area (Å²) in [5, 5.41) is 8.41. The number of hydrogen-bond acceptors (Lipinski definition) is 3. The molecule has 0 aromatic rings. The van der Waals surface area contributed by atoms with E-state index < -0.39 is 5.97 Å². The van der Waals surface area contributed by atoms with Gasteiger partial charge >= 0.3 is 5.97 Å². The molecule has 1 N–H and O–H groups in total. The van der Waals surface area contributed by atoms with E-state index in [4.69, 9.17) is 9.84 Å². The Balaban J connectivity index is 3.95. The van der Waals surface area contributed by atoms with Crippen LogP contribution in [0.25, 0.3) is 0 Å². The number of hydrogen-bond donors (Lipinski definition) is 1. The molecule has 1 atom stereocenters. The lowest BCUT2D eigenvalue weighted by Crippen LogP contribution is -2.36. The van der Waals surface area contributed by atoms with Gasteiger partial charge in [0.25, 0.3) is 0 Å². The minimum atomic E-state index is -0.902. The first kappa shape index (κ1) is 13.1. The lowest BCUT2D eigenvalue weighted by Gasteiger charge is -2.25. The Morgan fingerprint density at radius 2 is 2.29 bits per heavy atom. The van der Waals surface area contributed by atoms with Gasteiger partial charge < -0.3 is 9.84 Å². The van der Waals surface area contributed by atoms with E-state index in [0.717, 1.165) is 6.54 Å². The van der Waals surface area contributed by atoms with E-state index in [1.54, 1.807) is 13.2 Å². The van der Waals surface area contributed by atoms with Crippen molar-refractivity contribution in [3.63, 3.8) is 0 Å². The van der Waals surface area contributed by atoms with E-state index in [9.17, 15) is 4.79 Å². The Morgan fingerprint density at radius 1 is 1.64 bits per heavy atom. The monoisotopic (exact) mass is 201 g/mol. The number of rotatable bonds is 7. The number of carbonyl (C=O) groups is 1. The number of methoxy groups -OCH3 is 1. The lowest BCUT2D eigenvalue weighted by molar-refractivity contribution is -0.131. The van der Waals surface area contributed by atoms with E-state index in [-0.39, 0.29) is 0 Å². The van der Waals surface area contributed by atoms with Gasteiger partial charge in [-0.1, -0.05) is 13.0 Å². The third kappa shape index (κ3) is 5.72. The molecule has 4 nitrogen and oxygen atoms in total. The number of nitrogens with zero attached hydrogens (tertiary/aromatic N) is 1. The average Bonchev–Trinajstić information content (AvgIpc) is 2.12. The van der Waals surface area contributed by atoms with Crippen LogP contribution in [0.3, 0.4) is 0 Å². The van der Waals surface area contributed by atoms with E-state index in [1.807, 2.05) is 6.92 Å². The second-order valence-electron chi connectivity index (χ2n) is 3.13. The highest BCUT2D eigenvalue weighted by Gasteiger charge is 2.09. The van der Waals surface area contributed by atoms with E-state index in [2.05, 4.69) is 11.8 Å². The minimum absolute atomic E-state index is 0.309. The van der Waals surface area contributed by atoms with Crippen LogP contribution >= 0.6 is 0 Å². The lowest BCUT2D eigenvalue weighted by atomic mass is 10.3. The van der Waals surface area contributed by atoms with Crippen molar-refractivity contribution in [2.75, 3.05) is 26.8 Å². The number of carboxylic acid groups (broad SMARTS) is 1. The van der Waals surface area contributed by atoms with Crippen LogP contribution in [0.15, 0.2) is 12.2 Å². The molecule has 1 unspecified atom stereocenters. The van der Waals surface area contributed by atoms with Gasteiger partial charge in [-0.15, -0.1) is 0 Å². The molecular weight excluding hydrogens is 182 g/mol. The molecule has 0 aliphatic heterocycles. The van der Waals surface area contributed by atoms with Gasteiger partial charge in [0.05, 0.1) is 6.61 Å². The molecular formula is C10H19NO3. The number of carboxylic acids is 1. The first-order valence-electron chi connectivity index (χ1n) is 4.74. The number of likely N-dealkylation sites (N-methyl/N-ethyl adjacent to an activating group) is 1. The second-order valence-corrected chi connectivity index (χ2v) is 3.13. The van der Waals surface area contributed by atoms with Gasteiger partial charge in [-0.05, 0) is 13.5 Å². The summed E-state index contributed by atoms with van der Waals surface area (Å²) in [6.07, 6.45) is 2.82. The SMILES string of the molecule is CCN(C/C=C/C(=O)O)C(C)COC. The first-order chi connectivity index (χ1) is 6.61. The molecule has 0 aliphatic rings. The molecule has 0 fully saturated rings. The predicted molar refractivity (Wildman–Crippen MR) is 55.4 cm³/mol. The van der Waals surface area contributed by atoms with E-state index >= 15 is 0 Å². The Labute approximate surface area is 85.2 Å². The molecule has 0 aromatic heterocycles. The molecule has 82 valence electrons. The van der Waals surface area contributed by atoms with Crippen LogP contribution < -0.4 is 0 Å². The fourth-order valence-corrected chi connectivity index (χ4v) is 1.26. The minimum Gasteiger partial charge on any atom is -0.478 e. The van der Waals surface area contributed by atoms with E-state index in [1.165, 1.54) is 6.08 Å². The zero-order valence-corrected chi connectivity index (χ0v) is 9.06. The van der Waals surface area contributed by atoms with Crippen molar-refractivity contribution in [1.82, 2.24) is 4.90 Å². The van der Waals surface area contributed by atoms with Gasteiger partial charge in [0, 0.05) is 25.8 Å². The smallest absolute Gasteiger partial charge is 0.328 e. The highest BCUT2D eigenvalue weighted by molar-refractivity contribution is 5.79. The second kappa shape index (κ2) is 7.53. The maximum absolute atomic E-state index is 10.2. The summed E-state index contributed by atoms with van der Waals surface area (Å²) >= 11 is 0. The van der Waals surface area contributed by atoms with Gasteiger partial charge in [-0.25, -0.2) is 4.79 Å². The average molecular weight is 201 g/mol. The van der Waals surface area contributed by atoms with Crippen molar-refractivity contribution >= 4 is 5.97 Å². The quantitative estimate of drug-likeness (QED) is 0.624. The molecule has 0 radical (unpaired) electrons. The van der Waals surface area contributed by atoms with Crippen LogP contribution in [0.5, 0.6) is 0 Å².